The molecule has 6 nitrogen and oxygen atoms in total. The van der Waals surface area contributed by atoms with Crippen molar-refractivity contribution in [2.45, 2.75) is 13.8 Å². The minimum Gasteiger partial charge on any atom is -0.478 e. The highest BCUT2D eigenvalue weighted by Gasteiger charge is 2.11. The predicted molar refractivity (Wildman–Crippen MR) is 76.8 cm³/mol. The van der Waals surface area contributed by atoms with Crippen molar-refractivity contribution in [3.63, 3.8) is 0 Å². The molecular weight excluding hydrogens is 300 g/mol. The zero-order valence-electron chi connectivity index (χ0n) is 11.6. The standard InChI is InChI=1S/C14H15ClO6/c1-8(12(16)17)4-5-11(6-9(2)13(18)19)14(20)21-7-10(3)15/h4-6H,3,7H2,1-2H3,(H,16,17)(H,18,19). The molecule has 7 heteroatoms. The van der Waals surface area contributed by atoms with Gasteiger partial charge in [-0.15, -0.1) is 0 Å². The van der Waals surface area contributed by atoms with Gasteiger partial charge in [-0.2, -0.15) is 0 Å². The topological polar surface area (TPSA) is 101 Å². The molecule has 21 heavy (non-hydrogen) atoms. The van der Waals surface area contributed by atoms with Gasteiger partial charge in [0, 0.05) is 16.2 Å². The molecule has 0 aliphatic carbocycles. The summed E-state index contributed by atoms with van der Waals surface area (Å²) in [5.41, 5.74) is -0.249. The zero-order valence-corrected chi connectivity index (χ0v) is 12.3. The number of carboxylic acids is 2. The number of esters is 1. The third kappa shape index (κ3) is 7.74. The molecule has 114 valence electrons. The average Bonchev–Trinajstić information content (AvgIpc) is 2.39. The maximum absolute atomic E-state index is 11.8. The van der Waals surface area contributed by atoms with E-state index in [0.29, 0.717) is 0 Å². The average molecular weight is 315 g/mol. The second kappa shape index (κ2) is 8.76. The highest BCUT2D eigenvalue weighted by Crippen LogP contribution is 2.09. The Bertz CT molecular complexity index is 554. The van der Waals surface area contributed by atoms with E-state index in [0.717, 1.165) is 12.2 Å². The van der Waals surface area contributed by atoms with E-state index >= 15 is 0 Å². The van der Waals surface area contributed by atoms with Crippen LogP contribution in [0.15, 0.2) is 46.6 Å². The van der Waals surface area contributed by atoms with E-state index in [9.17, 15) is 14.4 Å². The van der Waals surface area contributed by atoms with Gasteiger partial charge < -0.3 is 14.9 Å². The van der Waals surface area contributed by atoms with E-state index in [4.69, 9.17) is 26.6 Å². The Morgan fingerprint density at radius 2 is 1.62 bits per heavy atom. The Labute approximate surface area is 126 Å². The van der Waals surface area contributed by atoms with E-state index in [2.05, 4.69) is 6.58 Å². The second-order valence-corrected chi connectivity index (χ2v) is 4.54. The number of hydrogen-bond acceptors (Lipinski definition) is 4. The van der Waals surface area contributed by atoms with Crippen LogP contribution in [0.1, 0.15) is 13.8 Å². The molecule has 0 aromatic carbocycles. The van der Waals surface area contributed by atoms with E-state index in [1.807, 2.05) is 0 Å². The first-order chi connectivity index (χ1) is 9.65. The first kappa shape index (κ1) is 18.7. The smallest absolute Gasteiger partial charge is 0.338 e. The second-order valence-electron chi connectivity index (χ2n) is 4.00. The molecule has 0 aliphatic heterocycles. The van der Waals surface area contributed by atoms with Gasteiger partial charge in [-0.25, -0.2) is 14.4 Å². The van der Waals surface area contributed by atoms with Crippen LogP contribution < -0.4 is 0 Å². The molecule has 0 spiro atoms. The Kier molecular flexibility index (Phi) is 7.78. The number of carbonyl (C=O) groups excluding carboxylic acids is 1. The zero-order chi connectivity index (χ0) is 16.6. The lowest BCUT2D eigenvalue weighted by atomic mass is 10.1. The molecule has 0 aromatic heterocycles. The lowest BCUT2D eigenvalue weighted by Crippen LogP contribution is -2.09. The number of aliphatic carboxylic acids is 2. The summed E-state index contributed by atoms with van der Waals surface area (Å²) < 4.78 is 4.79. The van der Waals surface area contributed by atoms with Gasteiger partial charge >= 0.3 is 17.9 Å². The molecule has 0 aromatic rings. The maximum atomic E-state index is 11.8. The first-order valence-electron chi connectivity index (χ1n) is 5.69. The fourth-order valence-electron chi connectivity index (χ4n) is 0.983. The Morgan fingerprint density at radius 1 is 1.10 bits per heavy atom. The normalized spacial score (nSPS) is 12.8. The summed E-state index contributed by atoms with van der Waals surface area (Å²) >= 11 is 5.46. The summed E-state index contributed by atoms with van der Waals surface area (Å²) in [6.45, 7) is 5.72. The molecule has 2 N–H and O–H groups in total. The Balaban J connectivity index is 5.43. The summed E-state index contributed by atoms with van der Waals surface area (Å²) in [5, 5.41) is 17.6. The van der Waals surface area contributed by atoms with Crippen LogP contribution in [-0.4, -0.2) is 34.7 Å². The van der Waals surface area contributed by atoms with Crippen molar-refractivity contribution < 1.29 is 29.3 Å². The van der Waals surface area contributed by atoms with Crippen LogP contribution in [0.25, 0.3) is 0 Å². The number of rotatable bonds is 7. The molecule has 0 aliphatic rings. The van der Waals surface area contributed by atoms with Crippen molar-refractivity contribution in [3.8, 4) is 0 Å². The van der Waals surface area contributed by atoms with Gasteiger partial charge in [0.2, 0.25) is 0 Å². The van der Waals surface area contributed by atoms with Gasteiger partial charge in [0.05, 0.1) is 5.57 Å². The van der Waals surface area contributed by atoms with Crippen molar-refractivity contribution in [2.75, 3.05) is 6.61 Å². The molecule has 0 heterocycles. The molecule has 0 saturated heterocycles. The molecule has 0 saturated carbocycles. The monoisotopic (exact) mass is 314 g/mol. The largest absolute Gasteiger partial charge is 0.478 e. The molecule has 0 radical (unpaired) electrons. The number of allylic oxidation sites excluding steroid dienone is 2. The van der Waals surface area contributed by atoms with Crippen molar-refractivity contribution >= 4 is 29.5 Å². The van der Waals surface area contributed by atoms with E-state index in [1.54, 1.807) is 0 Å². The summed E-state index contributed by atoms with van der Waals surface area (Å²) in [5.74, 6) is -3.21. The number of ether oxygens (including phenoxy) is 1. The maximum Gasteiger partial charge on any atom is 0.338 e. The summed E-state index contributed by atoms with van der Waals surface area (Å²) in [4.78, 5) is 33.2. The van der Waals surface area contributed by atoms with Gasteiger partial charge in [-0.1, -0.05) is 24.3 Å². The molecule has 0 rings (SSSR count). The van der Waals surface area contributed by atoms with Crippen LogP contribution in [-0.2, 0) is 19.1 Å². The highest BCUT2D eigenvalue weighted by atomic mass is 35.5. The summed E-state index contributed by atoms with van der Waals surface area (Å²) in [6.07, 6.45) is 3.41. The lowest BCUT2D eigenvalue weighted by Gasteiger charge is -2.04. The minimum absolute atomic E-state index is 0.0246. The number of carbonyl (C=O) groups is 3. The lowest BCUT2D eigenvalue weighted by molar-refractivity contribution is -0.137. The van der Waals surface area contributed by atoms with E-state index < -0.39 is 17.9 Å². The van der Waals surface area contributed by atoms with E-state index in [1.165, 1.54) is 19.9 Å². The van der Waals surface area contributed by atoms with Gasteiger partial charge in [0.15, 0.2) is 0 Å². The molecule has 0 amide bonds. The quantitative estimate of drug-likeness (QED) is 0.424. The summed E-state index contributed by atoms with van der Waals surface area (Å²) in [6, 6.07) is 0. The van der Waals surface area contributed by atoms with Crippen LogP contribution in [0, 0.1) is 0 Å². The molecule has 0 atom stereocenters. The Morgan fingerprint density at radius 3 is 2.05 bits per heavy atom. The van der Waals surface area contributed by atoms with Crippen molar-refractivity contribution in [1.82, 2.24) is 0 Å². The van der Waals surface area contributed by atoms with Gasteiger partial charge in [0.25, 0.3) is 0 Å². The van der Waals surface area contributed by atoms with Gasteiger partial charge in [0.1, 0.15) is 6.61 Å². The third-order valence-electron chi connectivity index (χ3n) is 2.16. The SMILES string of the molecule is C=C(Cl)COC(=O)C(C=C(C)C(=O)O)=CC=C(C)C(=O)O. The van der Waals surface area contributed by atoms with E-state index in [-0.39, 0.29) is 28.4 Å². The van der Waals surface area contributed by atoms with Gasteiger partial charge in [-0.05, 0) is 26.0 Å². The molecular formula is C14H15ClO6. The van der Waals surface area contributed by atoms with Crippen molar-refractivity contribution in [2.24, 2.45) is 0 Å². The first-order valence-corrected chi connectivity index (χ1v) is 6.06. The number of halogens is 1. The number of hydrogen-bond donors (Lipinski definition) is 2. The summed E-state index contributed by atoms with van der Waals surface area (Å²) in [7, 11) is 0. The third-order valence-corrected chi connectivity index (χ3v) is 2.26. The van der Waals surface area contributed by atoms with Crippen LogP contribution in [0.5, 0.6) is 0 Å². The van der Waals surface area contributed by atoms with Crippen molar-refractivity contribution in [3.05, 3.63) is 46.6 Å². The highest BCUT2D eigenvalue weighted by molar-refractivity contribution is 6.29. The van der Waals surface area contributed by atoms with Crippen LogP contribution in [0.4, 0.5) is 0 Å². The van der Waals surface area contributed by atoms with Gasteiger partial charge in [-0.3, -0.25) is 0 Å². The number of carboxylic acid groups (broad SMARTS) is 2. The van der Waals surface area contributed by atoms with Crippen molar-refractivity contribution in [1.29, 1.82) is 0 Å². The predicted octanol–water partition coefficient (Wildman–Crippen LogP) is 2.27. The molecule has 0 bridgehead atoms. The minimum atomic E-state index is -1.21. The van der Waals surface area contributed by atoms with Crippen LogP contribution >= 0.6 is 11.6 Å². The fraction of sp³-hybridized carbons (Fsp3) is 0.214. The Hall–Kier alpha value is -2.34. The molecule has 0 unspecified atom stereocenters. The van der Waals surface area contributed by atoms with Crippen LogP contribution in [0.3, 0.4) is 0 Å². The fourth-order valence-corrected chi connectivity index (χ4v) is 1.04. The van der Waals surface area contributed by atoms with Crippen LogP contribution in [0.2, 0.25) is 0 Å². The molecule has 0 fully saturated rings.